The highest BCUT2D eigenvalue weighted by Gasteiger charge is 1.99. The number of hydrogen-bond donors (Lipinski definition) is 2. The fourth-order valence-electron chi connectivity index (χ4n) is 1.18. The van der Waals surface area contributed by atoms with Crippen LogP contribution in [0.2, 0.25) is 0 Å². The molecule has 0 amide bonds. The van der Waals surface area contributed by atoms with Gasteiger partial charge in [0, 0.05) is 7.11 Å². The van der Waals surface area contributed by atoms with Crippen molar-refractivity contribution >= 4 is 5.96 Å². The molecule has 0 aliphatic carbocycles. The Kier molecular flexibility index (Phi) is 3.94. The average molecular weight is 193 g/mol. The zero-order chi connectivity index (χ0) is 10.4. The second kappa shape index (κ2) is 5.24. The fourth-order valence-corrected chi connectivity index (χ4v) is 1.18. The van der Waals surface area contributed by atoms with Crippen molar-refractivity contribution in [3.05, 3.63) is 35.4 Å². The van der Waals surface area contributed by atoms with Crippen molar-refractivity contribution in [1.29, 1.82) is 0 Å². The third-order valence-corrected chi connectivity index (χ3v) is 1.85. The molecule has 76 valence electrons. The van der Waals surface area contributed by atoms with Gasteiger partial charge in [-0.25, -0.2) is 4.99 Å². The van der Waals surface area contributed by atoms with Crippen LogP contribution in [0.3, 0.4) is 0 Å². The van der Waals surface area contributed by atoms with Crippen LogP contribution in [-0.4, -0.2) is 13.1 Å². The van der Waals surface area contributed by atoms with Gasteiger partial charge in [0.25, 0.3) is 0 Å². The lowest BCUT2D eigenvalue weighted by atomic mass is 10.1. The number of nitrogens with zero attached hydrogens (tertiary/aromatic N) is 1. The van der Waals surface area contributed by atoms with Crippen molar-refractivity contribution in [1.82, 2.24) is 0 Å². The summed E-state index contributed by atoms with van der Waals surface area (Å²) in [5.74, 6) is 0.109. The maximum Gasteiger partial charge on any atom is 0.186 e. The Morgan fingerprint density at radius 1 is 1.29 bits per heavy atom. The summed E-state index contributed by atoms with van der Waals surface area (Å²) in [4.78, 5) is 3.95. The average Bonchev–Trinajstić information content (AvgIpc) is 2.17. The van der Waals surface area contributed by atoms with Gasteiger partial charge in [0.1, 0.15) is 0 Å². The Morgan fingerprint density at radius 2 is 1.93 bits per heavy atom. The van der Waals surface area contributed by atoms with Gasteiger partial charge < -0.3 is 16.2 Å². The van der Waals surface area contributed by atoms with E-state index in [4.69, 9.17) is 16.2 Å². The molecular weight excluding hydrogens is 178 g/mol. The van der Waals surface area contributed by atoms with Crippen LogP contribution in [0.25, 0.3) is 0 Å². The van der Waals surface area contributed by atoms with Crippen LogP contribution in [0.5, 0.6) is 0 Å². The molecule has 0 saturated carbocycles. The van der Waals surface area contributed by atoms with Crippen molar-refractivity contribution in [2.75, 3.05) is 7.11 Å². The largest absolute Gasteiger partial charge is 0.380 e. The van der Waals surface area contributed by atoms with E-state index >= 15 is 0 Å². The van der Waals surface area contributed by atoms with E-state index in [1.54, 1.807) is 7.11 Å². The molecule has 1 rings (SSSR count). The van der Waals surface area contributed by atoms with Crippen LogP contribution in [0.1, 0.15) is 11.1 Å². The van der Waals surface area contributed by atoms with Crippen LogP contribution >= 0.6 is 0 Å². The van der Waals surface area contributed by atoms with Gasteiger partial charge in [-0.2, -0.15) is 0 Å². The first-order valence-electron chi connectivity index (χ1n) is 4.35. The second-order valence-corrected chi connectivity index (χ2v) is 2.94. The molecule has 4 N–H and O–H groups in total. The molecule has 4 nitrogen and oxygen atoms in total. The van der Waals surface area contributed by atoms with Crippen molar-refractivity contribution < 1.29 is 4.74 Å². The summed E-state index contributed by atoms with van der Waals surface area (Å²) in [6.45, 7) is 1.08. The molecule has 0 aromatic heterocycles. The van der Waals surface area contributed by atoms with Crippen molar-refractivity contribution in [3.8, 4) is 0 Å². The van der Waals surface area contributed by atoms with E-state index in [0.29, 0.717) is 13.2 Å². The molecule has 0 saturated heterocycles. The zero-order valence-corrected chi connectivity index (χ0v) is 8.23. The number of methoxy groups -OCH3 is 1. The molecule has 0 atom stereocenters. The van der Waals surface area contributed by atoms with E-state index in [1.165, 1.54) is 0 Å². The van der Waals surface area contributed by atoms with Crippen LogP contribution in [0, 0.1) is 0 Å². The Bertz CT molecular complexity index is 319. The van der Waals surface area contributed by atoms with Gasteiger partial charge in [0.2, 0.25) is 0 Å². The van der Waals surface area contributed by atoms with Gasteiger partial charge in [-0.3, -0.25) is 0 Å². The van der Waals surface area contributed by atoms with Gasteiger partial charge in [0.15, 0.2) is 5.96 Å². The highest BCUT2D eigenvalue weighted by atomic mass is 16.5. The number of rotatable bonds is 4. The molecule has 1 aromatic carbocycles. The smallest absolute Gasteiger partial charge is 0.186 e. The summed E-state index contributed by atoms with van der Waals surface area (Å²) < 4.78 is 5.06. The minimum atomic E-state index is 0.109. The number of aliphatic imine (C=N–C) groups is 1. The molecule has 0 fully saturated rings. The molecule has 0 radical (unpaired) electrons. The van der Waals surface area contributed by atoms with E-state index in [1.807, 2.05) is 24.3 Å². The summed E-state index contributed by atoms with van der Waals surface area (Å²) in [6.07, 6.45) is 0. The van der Waals surface area contributed by atoms with Gasteiger partial charge in [-0.1, -0.05) is 24.3 Å². The number of benzene rings is 1. The molecule has 0 unspecified atom stereocenters. The summed E-state index contributed by atoms with van der Waals surface area (Å²) in [6, 6.07) is 7.91. The molecule has 0 heterocycles. The van der Waals surface area contributed by atoms with E-state index in [0.717, 1.165) is 11.1 Å². The van der Waals surface area contributed by atoms with E-state index in [9.17, 15) is 0 Å². The lowest BCUT2D eigenvalue weighted by molar-refractivity contribution is 0.184. The quantitative estimate of drug-likeness (QED) is 0.543. The minimum Gasteiger partial charge on any atom is -0.380 e. The van der Waals surface area contributed by atoms with E-state index in [2.05, 4.69) is 4.99 Å². The van der Waals surface area contributed by atoms with Crippen LogP contribution in [0.15, 0.2) is 29.3 Å². The van der Waals surface area contributed by atoms with Gasteiger partial charge in [-0.15, -0.1) is 0 Å². The number of nitrogens with two attached hydrogens (primary N) is 2. The Hall–Kier alpha value is -1.55. The van der Waals surface area contributed by atoms with Gasteiger partial charge >= 0.3 is 0 Å². The van der Waals surface area contributed by atoms with Crippen molar-refractivity contribution in [2.45, 2.75) is 13.2 Å². The van der Waals surface area contributed by atoms with Gasteiger partial charge in [-0.05, 0) is 11.1 Å². The second-order valence-electron chi connectivity index (χ2n) is 2.94. The Balaban J connectivity index is 2.79. The molecule has 0 aliphatic rings. The maximum atomic E-state index is 5.26. The summed E-state index contributed by atoms with van der Waals surface area (Å²) in [7, 11) is 1.66. The molecule has 0 spiro atoms. The van der Waals surface area contributed by atoms with E-state index in [-0.39, 0.29) is 5.96 Å². The number of ether oxygens (including phenoxy) is 1. The monoisotopic (exact) mass is 193 g/mol. The normalized spacial score (nSPS) is 9.79. The van der Waals surface area contributed by atoms with Crippen molar-refractivity contribution in [3.63, 3.8) is 0 Å². The number of guanidine groups is 1. The molecular formula is C10H15N3O. The van der Waals surface area contributed by atoms with Crippen molar-refractivity contribution in [2.24, 2.45) is 16.5 Å². The first-order chi connectivity index (χ1) is 6.74. The topological polar surface area (TPSA) is 73.6 Å². The Labute approximate surface area is 83.6 Å². The molecule has 0 aliphatic heterocycles. The predicted molar refractivity (Wildman–Crippen MR) is 56.7 cm³/mol. The summed E-state index contributed by atoms with van der Waals surface area (Å²) in [5, 5.41) is 0. The highest BCUT2D eigenvalue weighted by Crippen LogP contribution is 2.10. The molecule has 0 bridgehead atoms. The highest BCUT2D eigenvalue weighted by molar-refractivity contribution is 5.75. The first-order valence-corrected chi connectivity index (χ1v) is 4.35. The summed E-state index contributed by atoms with van der Waals surface area (Å²) in [5.41, 5.74) is 12.7. The molecule has 14 heavy (non-hydrogen) atoms. The number of hydrogen-bond acceptors (Lipinski definition) is 2. The standard InChI is InChI=1S/C10H15N3O/c1-14-7-9-5-3-2-4-8(9)6-13-10(11)12/h2-5H,6-7H2,1H3,(H4,11,12,13). The maximum absolute atomic E-state index is 5.26. The van der Waals surface area contributed by atoms with Crippen LogP contribution < -0.4 is 11.5 Å². The Morgan fingerprint density at radius 3 is 2.50 bits per heavy atom. The summed E-state index contributed by atoms with van der Waals surface area (Å²) >= 11 is 0. The lowest BCUT2D eigenvalue weighted by Gasteiger charge is -2.05. The van der Waals surface area contributed by atoms with Gasteiger partial charge in [0.05, 0.1) is 13.2 Å². The van der Waals surface area contributed by atoms with Crippen LogP contribution in [0.4, 0.5) is 0 Å². The minimum absolute atomic E-state index is 0.109. The molecule has 1 aromatic rings. The first kappa shape index (κ1) is 10.5. The zero-order valence-electron chi connectivity index (χ0n) is 8.23. The predicted octanol–water partition coefficient (Wildman–Crippen LogP) is 0.606. The van der Waals surface area contributed by atoms with E-state index < -0.39 is 0 Å². The molecule has 4 heteroatoms. The van der Waals surface area contributed by atoms with Crippen LogP contribution in [-0.2, 0) is 17.9 Å². The lowest BCUT2D eigenvalue weighted by Crippen LogP contribution is -2.22. The third-order valence-electron chi connectivity index (χ3n) is 1.85. The fraction of sp³-hybridized carbons (Fsp3) is 0.300. The SMILES string of the molecule is COCc1ccccc1CN=C(N)N. The third kappa shape index (κ3) is 3.06.